The monoisotopic (exact) mass is 488 g/mol. The van der Waals surface area contributed by atoms with E-state index in [2.05, 4.69) is 27.3 Å². The van der Waals surface area contributed by atoms with Crippen molar-refractivity contribution in [1.82, 2.24) is 19.7 Å². The average Bonchev–Trinajstić information content (AvgIpc) is 3.22. The number of hydrogen-bond acceptors (Lipinski definition) is 5. The number of anilines is 2. The quantitative estimate of drug-likeness (QED) is 0.452. The van der Waals surface area contributed by atoms with E-state index in [1.807, 2.05) is 18.1 Å². The summed E-state index contributed by atoms with van der Waals surface area (Å²) in [6.07, 6.45) is 1.78. The zero-order valence-corrected chi connectivity index (χ0v) is 19.6. The van der Waals surface area contributed by atoms with Crippen LogP contribution in [0.2, 0.25) is 0 Å². The van der Waals surface area contributed by atoms with E-state index in [0.29, 0.717) is 41.7 Å². The van der Waals surface area contributed by atoms with Crippen molar-refractivity contribution in [3.05, 3.63) is 60.7 Å². The molecule has 0 radical (unpaired) electrons. The fourth-order valence-corrected chi connectivity index (χ4v) is 4.16. The molecular weight excluding hydrogens is 460 g/mol. The third-order valence-corrected chi connectivity index (χ3v) is 6.03. The summed E-state index contributed by atoms with van der Waals surface area (Å²) in [4.78, 5) is 6.19. The van der Waals surface area contributed by atoms with E-state index in [9.17, 15) is 17.6 Å². The molecule has 0 saturated carbocycles. The first-order valence-corrected chi connectivity index (χ1v) is 11.3. The predicted molar refractivity (Wildman–Crippen MR) is 132 cm³/mol. The van der Waals surface area contributed by atoms with Crippen LogP contribution in [0.1, 0.15) is 17.8 Å². The van der Waals surface area contributed by atoms with Crippen molar-refractivity contribution in [2.24, 2.45) is 7.05 Å². The lowest BCUT2D eigenvalue weighted by atomic mass is 9.99. The largest absolute Gasteiger partial charge is 0.417 e. The number of aromatic nitrogens is 3. The van der Waals surface area contributed by atoms with Crippen LogP contribution in [0.25, 0.3) is 22.4 Å². The molecule has 1 fully saturated rings. The molecule has 6 nitrogen and oxygen atoms in total. The Labute approximate surface area is 201 Å². The lowest BCUT2D eigenvalue weighted by Crippen LogP contribution is -2.46. The Bertz CT molecular complexity index is 1230. The number of aryl methyl sites for hydroxylation is 1. The molecule has 2 aromatic heterocycles. The lowest BCUT2D eigenvalue weighted by Gasteiger charge is -2.33. The minimum atomic E-state index is -4.63. The van der Waals surface area contributed by atoms with Gasteiger partial charge in [-0.2, -0.15) is 18.3 Å². The first-order valence-electron chi connectivity index (χ1n) is 11.3. The van der Waals surface area contributed by atoms with Gasteiger partial charge in [0.15, 0.2) is 0 Å². The Kier molecular flexibility index (Phi) is 7.11. The molecule has 2 N–H and O–H groups in total. The number of pyridine rings is 1. The molecule has 0 bridgehead atoms. The van der Waals surface area contributed by atoms with Crippen LogP contribution >= 0.6 is 0 Å². The third kappa shape index (κ3) is 5.82. The van der Waals surface area contributed by atoms with Gasteiger partial charge < -0.3 is 15.5 Å². The van der Waals surface area contributed by atoms with E-state index in [1.165, 1.54) is 0 Å². The molecule has 0 aliphatic carbocycles. The van der Waals surface area contributed by atoms with Gasteiger partial charge in [-0.15, -0.1) is 0 Å². The summed E-state index contributed by atoms with van der Waals surface area (Å²) in [6, 6.07) is 6.27. The van der Waals surface area contributed by atoms with Crippen LogP contribution in [-0.2, 0) is 7.05 Å². The number of halogens is 4. The molecule has 3 aromatic rings. The maximum Gasteiger partial charge on any atom is 0.417 e. The van der Waals surface area contributed by atoms with Crippen LogP contribution in [0.5, 0.6) is 0 Å². The van der Waals surface area contributed by atoms with E-state index >= 15 is 0 Å². The van der Waals surface area contributed by atoms with Crippen LogP contribution < -0.4 is 10.6 Å². The van der Waals surface area contributed by atoms with Crippen LogP contribution in [0.4, 0.5) is 28.9 Å². The predicted octanol–water partition coefficient (Wildman–Crippen LogP) is 5.12. The lowest BCUT2D eigenvalue weighted by molar-refractivity contribution is -0.0688. The van der Waals surface area contributed by atoms with Gasteiger partial charge in [0.1, 0.15) is 6.17 Å². The minimum absolute atomic E-state index is 0.237. The second kappa shape index (κ2) is 10.1. The Morgan fingerprint density at radius 2 is 2.06 bits per heavy atom. The van der Waals surface area contributed by atoms with Gasteiger partial charge in [0.2, 0.25) is 0 Å². The van der Waals surface area contributed by atoms with Crippen molar-refractivity contribution < 1.29 is 17.6 Å². The number of piperidine rings is 1. The fraction of sp³-hybridized carbons (Fsp3) is 0.360. The first kappa shape index (κ1) is 24.7. The fourth-order valence-electron chi connectivity index (χ4n) is 4.16. The summed E-state index contributed by atoms with van der Waals surface area (Å²) < 4.78 is 57.2. The van der Waals surface area contributed by atoms with E-state index in [-0.39, 0.29) is 5.69 Å². The van der Waals surface area contributed by atoms with Crippen molar-refractivity contribution in [1.29, 1.82) is 0 Å². The smallest absolute Gasteiger partial charge is 0.379 e. The number of benzene rings is 1. The highest BCUT2D eigenvalue weighted by Crippen LogP contribution is 2.37. The molecule has 4 rings (SSSR count). The van der Waals surface area contributed by atoms with Crippen molar-refractivity contribution in [2.75, 3.05) is 37.3 Å². The summed E-state index contributed by atoms with van der Waals surface area (Å²) in [5.41, 5.74) is 0.478. The topological polar surface area (TPSA) is 58.0 Å². The molecule has 1 aromatic carbocycles. The van der Waals surface area contributed by atoms with Crippen LogP contribution in [0.15, 0.2) is 49.3 Å². The Hall–Kier alpha value is -3.40. The van der Waals surface area contributed by atoms with Crippen LogP contribution in [0.3, 0.4) is 0 Å². The van der Waals surface area contributed by atoms with Gasteiger partial charge in [-0.3, -0.25) is 4.68 Å². The number of likely N-dealkylation sites (tertiary alicyclic amines) is 1. The van der Waals surface area contributed by atoms with E-state index < -0.39 is 24.0 Å². The highest BCUT2D eigenvalue weighted by Gasteiger charge is 2.35. The molecule has 1 aliphatic rings. The Balaban J connectivity index is 1.67. The zero-order chi connectivity index (χ0) is 25.2. The second-order valence-corrected chi connectivity index (χ2v) is 8.78. The van der Waals surface area contributed by atoms with Crippen molar-refractivity contribution >= 4 is 33.8 Å². The molecule has 0 unspecified atom stereocenters. The number of allylic oxidation sites excluding steroid dienone is 1. The van der Waals surface area contributed by atoms with Gasteiger partial charge in [-0.25, -0.2) is 9.37 Å². The molecule has 1 aliphatic heterocycles. The average molecular weight is 489 g/mol. The van der Waals surface area contributed by atoms with Gasteiger partial charge in [-0.05, 0) is 31.7 Å². The van der Waals surface area contributed by atoms with Gasteiger partial charge >= 0.3 is 6.18 Å². The number of alkyl halides is 4. The Morgan fingerprint density at radius 3 is 2.74 bits per heavy atom. The molecule has 0 amide bonds. The van der Waals surface area contributed by atoms with Crippen molar-refractivity contribution in [3.8, 4) is 0 Å². The normalized spacial score (nSPS) is 19.4. The zero-order valence-electron chi connectivity index (χ0n) is 19.6. The molecule has 2 atom stereocenters. The van der Waals surface area contributed by atoms with E-state index in [0.717, 1.165) is 12.2 Å². The molecular formula is C25H28F4N6. The van der Waals surface area contributed by atoms with Crippen molar-refractivity contribution in [3.63, 3.8) is 0 Å². The van der Waals surface area contributed by atoms with Gasteiger partial charge in [0, 0.05) is 49.3 Å². The molecule has 1 saturated heterocycles. The summed E-state index contributed by atoms with van der Waals surface area (Å²) in [7, 11) is 3.67. The minimum Gasteiger partial charge on any atom is -0.379 e. The summed E-state index contributed by atoms with van der Waals surface area (Å²) in [5, 5.41) is 11.3. The number of nitrogens with zero attached hydrogens (tertiary/aromatic N) is 4. The maximum absolute atomic E-state index is 14.7. The Morgan fingerprint density at radius 1 is 1.26 bits per heavy atom. The maximum atomic E-state index is 14.7. The highest BCUT2D eigenvalue weighted by molar-refractivity contribution is 6.00. The van der Waals surface area contributed by atoms with Gasteiger partial charge in [0.05, 0.1) is 34.9 Å². The van der Waals surface area contributed by atoms with Gasteiger partial charge in [-0.1, -0.05) is 24.8 Å². The van der Waals surface area contributed by atoms with E-state index in [4.69, 9.17) is 0 Å². The number of rotatable bonds is 7. The SMILES string of the molecule is C=C(c1nc(/C=C/CNc2cnn(C)c2)cc2c(N[C@@H]3CCN(C)C[C@@H]3F)cccc12)C(F)(F)F. The summed E-state index contributed by atoms with van der Waals surface area (Å²) in [6.45, 7) is 4.74. The van der Waals surface area contributed by atoms with Crippen LogP contribution in [0, 0.1) is 0 Å². The molecule has 10 heteroatoms. The molecule has 35 heavy (non-hydrogen) atoms. The molecule has 0 spiro atoms. The number of fused-ring (bicyclic) bond motifs is 1. The molecule has 186 valence electrons. The number of hydrogen-bond donors (Lipinski definition) is 2. The second-order valence-electron chi connectivity index (χ2n) is 8.78. The van der Waals surface area contributed by atoms with Crippen LogP contribution in [-0.4, -0.2) is 64.7 Å². The first-order chi connectivity index (χ1) is 16.6. The standard InChI is InChI=1S/C25H28F4N6/c1-16(25(27,28)29)24-19-7-4-8-22(33-23-9-11-34(2)15-21(23)26)20(19)12-17(32-24)6-5-10-30-18-13-31-35(3)14-18/h4-8,12-14,21,23,30,33H,1,9-11,15H2,2-3H3/b6-5+/t21-,23+/m0/s1. The summed E-state index contributed by atoms with van der Waals surface area (Å²) in [5.74, 6) is 0. The summed E-state index contributed by atoms with van der Waals surface area (Å²) >= 11 is 0. The van der Waals surface area contributed by atoms with E-state index in [1.54, 1.807) is 54.3 Å². The highest BCUT2D eigenvalue weighted by atomic mass is 19.4. The third-order valence-electron chi connectivity index (χ3n) is 6.03. The van der Waals surface area contributed by atoms with Gasteiger partial charge in [0.25, 0.3) is 0 Å². The number of nitrogens with one attached hydrogen (secondary N) is 2. The van der Waals surface area contributed by atoms with Crippen molar-refractivity contribution in [2.45, 2.75) is 24.8 Å². The molecule has 3 heterocycles.